The lowest BCUT2D eigenvalue weighted by molar-refractivity contribution is -0.111. The maximum atomic E-state index is 11.5. The fraction of sp³-hybridized carbons (Fsp3) is 0.176. The highest BCUT2D eigenvalue weighted by atomic mass is 16.1. The average molecular weight is 282 g/mol. The molecule has 0 bridgehead atoms. The first-order valence-corrected chi connectivity index (χ1v) is 6.92. The molecule has 108 valence electrons. The summed E-state index contributed by atoms with van der Waals surface area (Å²) < 4.78 is 0. The zero-order chi connectivity index (χ0) is 14.9. The van der Waals surface area contributed by atoms with Gasteiger partial charge >= 0.3 is 0 Å². The molecule has 2 rings (SSSR count). The molecule has 0 heterocycles. The van der Waals surface area contributed by atoms with Gasteiger partial charge in [-0.3, -0.25) is 9.59 Å². The number of rotatable bonds is 6. The molecule has 0 aromatic heterocycles. The second kappa shape index (κ2) is 7.85. The molecule has 0 aromatic rings. The molecule has 4 nitrogen and oxygen atoms in total. The first kappa shape index (κ1) is 14.8. The van der Waals surface area contributed by atoms with Crippen molar-refractivity contribution in [1.82, 2.24) is 10.6 Å². The standard InChI is InChI=1S/C17H18N2O2/c20-16-8-3-1-6-14(16)12-18-10-5-11-19-13-15-7-2-4-9-17(15)21/h1-4,6-9,12-13,18-19H,5,10-11H2/b14-12-,15-13+. The Morgan fingerprint density at radius 2 is 1.14 bits per heavy atom. The maximum absolute atomic E-state index is 11.5. The summed E-state index contributed by atoms with van der Waals surface area (Å²) in [6.45, 7) is 1.52. The molecule has 2 N–H and O–H groups in total. The second-order valence-electron chi connectivity index (χ2n) is 4.63. The van der Waals surface area contributed by atoms with Crippen LogP contribution in [-0.4, -0.2) is 24.7 Å². The van der Waals surface area contributed by atoms with Crippen molar-refractivity contribution in [2.24, 2.45) is 0 Å². The maximum Gasteiger partial charge on any atom is 0.187 e. The van der Waals surface area contributed by atoms with Crippen LogP contribution in [0.2, 0.25) is 0 Å². The van der Waals surface area contributed by atoms with Crippen molar-refractivity contribution in [2.45, 2.75) is 6.42 Å². The first-order chi connectivity index (χ1) is 10.3. The largest absolute Gasteiger partial charge is 0.390 e. The van der Waals surface area contributed by atoms with Crippen LogP contribution in [0.1, 0.15) is 6.42 Å². The van der Waals surface area contributed by atoms with Gasteiger partial charge in [-0.2, -0.15) is 0 Å². The van der Waals surface area contributed by atoms with Crippen LogP contribution in [0, 0.1) is 0 Å². The molecular weight excluding hydrogens is 264 g/mol. The van der Waals surface area contributed by atoms with E-state index < -0.39 is 0 Å². The molecule has 0 amide bonds. The molecule has 0 saturated heterocycles. The molecule has 0 aromatic carbocycles. The zero-order valence-electron chi connectivity index (χ0n) is 11.7. The van der Waals surface area contributed by atoms with Crippen LogP contribution >= 0.6 is 0 Å². The molecule has 0 unspecified atom stereocenters. The van der Waals surface area contributed by atoms with Crippen molar-refractivity contribution < 1.29 is 9.59 Å². The van der Waals surface area contributed by atoms with E-state index in [1.807, 2.05) is 12.2 Å². The Morgan fingerprint density at radius 3 is 1.57 bits per heavy atom. The van der Waals surface area contributed by atoms with E-state index in [4.69, 9.17) is 0 Å². The third-order valence-corrected chi connectivity index (χ3v) is 3.00. The SMILES string of the molecule is O=C1C=CC=C/C1=C/NCCCN/C=C1\C=CC=CC1=O. The Kier molecular flexibility index (Phi) is 5.52. The molecule has 0 aliphatic heterocycles. The summed E-state index contributed by atoms with van der Waals surface area (Å²) >= 11 is 0. The Labute approximate surface area is 124 Å². The first-order valence-electron chi connectivity index (χ1n) is 6.92. The fourth-order valence-electron chi connectivity index (χ4n) is 1.86. The molecule has 2 aliphatic rings. The summed E-state index contributed by atoms with van der Waals surface area (Å²) in [5.41, 5.74) is 1.33. The van der Waals surface area contributed by atoms with Gasteiger partial charge in [-0.25, -0.2) is 0 Å². The minimum atomic E-state index is 0.0171. The normalized spacial score (nSPS) is 20.6. The van der Waals surface area contributed by atoms with Gasteiger partial charge < -0.3 is 10.6 Å². The van der Waals surface area contributed by atoms with Crippen LogP contribution in [0.4, 0.5) is 0 Å². The summed E-state index contributed by atoms with van der Waals surface area (Å²) in [7, 11) is 0. The van der Waals surface area contributed by atoms with E-state index in [1.54, 1.807) is 48.9 Å². The number of hydrogen-bond acceptors (Lipinski definition) is 4. The lowest BCUT2D eigenvalue weighted by Gasteiger charge is -2.06. The van der Waals surface area contributed by atoms with Crippen molar-refractivity contribution in [2.75, 3.05) is 13.1 Å². The average Bonchev–Trinajstić information content (AvgIpc) is 2.50. The van der Waals surface area contributed by atoms with Crippen LogP contribution in [0.3, 0.4) is 0 Å². The van der Waals surface area contributed by atoms with Crippen molar-refractivity contribution in [1.29, 1.82) is 0 Å². The highest BCUT2D eigenvalue weighted by Crippen LogP contribution is 2.05. The van der Waals surface area contributed by atoms with Gasteiger partial charge in [0, 0.05) is 36.6 Å². The third-order valence-electron chi connectivity index (χ3n) is 3.00. The van der Waals surface area contributed by atoms with Gasteiger partial charge in [-0.15, -0.1) is 0 Å². The summed E-state index contributed by atoms with van der Waals surface area (Å²) in [5.74, 6) is 0.0343. The molecule has 4 heteroatoms. The Bertz CT molecular complexity index is 538. The molecule has 0 fully saturated rings. The summed E-state index contributed by atoms with van der Waals surface area (Å²) in [4.78, 5) is 22.9. The number of carbonyl (C=O) groups is 2. The number of nitrogens with one attached hydrogen (secondary N) is 2. The fourth-order valence-corrected chi connectivity index (χ4v) is 1.86. The van der Waals surface area contributed by atoms with E-state index in [9.17, 15) is 9.59 Å². The third kappa shape index (κ3) is 4.76. The molecule has 0 radical (unpaired) electrons. The number of ketones is 2. The van der Waals surface area contributed by atoms with Gasteiger partial charge in [-0.1, -0.05) is 24.3 Å². The molecule has 21 heavy (non-hydrogen) atoms. The number of carbonyl (C=O) groups excluding carboxylic acids is 2. The summed E-state index contributed by atoms with van der Waals surface area (Å²) in [6.07, 6.45) is 18.2. The topological polar surface area (TPSA) is 58.2 Å². The quantitative estimate of drug-likeness (QED) is 0.575. The number of allylic oxidation sites excluding steroid dienone is 10. The van der Waals surface area contributed by atoms with Gasteiger partial charge in [0.05, 0.1) is 0 Å². The van der Waals surface area contributed by atoms with E-state index in [0.29, 0.717) is 11.1 Å². The molecular formula is C17H18N2O2. The van der Waals surface area contributed by atoms with Gasteiger partial charge in [0.2, 0.25) is 0 Å². The smallest absolute Gasteiger partial charge is 0.187 e. The molecule has 0 atom stereocenters. The predicted molar refractivity (Wildman–Crippen MR) is 83.4 cm³/mol. The zero-order valence-corrected chi connectivity index (χ0v) is 11.7. The Morgan fingerprint density at radius 1 is 0.714 bits per heavy atom. The van der Waals surface area contributed by atoms with E-state index >= 15 is 0 Å². The van der Waals surface area contributed by atoms with E-state index in [0.717, 1.165) is 19.5 Å². The van der Waals surface area contributed by atoms with E-state index in [2.05, 4.69) is 10.6 Å². The van der Waals surface area contributed by atoms with Gasteiger partial charge in [0.15, 0.2) is 11.6 Å². The van der Waals surface area contributed by atoms with Crippen LogP contribution in [0.15, 0.2) is 72.2 Å². The lowest BCUT2D eigenvalue weighted by atomic mass is 10.1. The summed E-state index contributed by atoms with van der Waals surface area (Å²) in [5, 5.41) is 6.22. The molecule has 0 saturated carbocycles. The van der Waals surface area contributed by atoms with Crippen molar-refractivity contribution in [3.8, 4) is 0 Å². The van der Waals surface area contributed by atoms with Crippen LogP contribution in [0.5, 0.6) is 0 Å². The van der Waals surface area contributed by atoms with Gasteiger partial charge in [0.25, 0.3) is 0 Å². The highest BCUT2D eigenvalue weighted by Gasteiger charge is 2.04. The van der Waals surface area contributed by atoms with Crippen molar-refractivity contribution in [3.63, 3.8) is 0 Å². The van der Waals surface area contributed by atoms with Crippen LogP contribution < -0.4 is 10.6 Å². The number of hydrogen-bond donors (Lipinski definition) is 2. The minimum Gasteiger partial charge on any atom is -0.390 e. The monoisotopic (exact) mass is 282 g/mol. The van der Waals surface area contributed by atoms with E-state index in [1.165, 1.54) is 0 Å². The molecule has 0 spiro atoms. The lowest BCUT2D eigenvalue weighted by Crippen LogP contribution is -2.17. The predicted octanol–water partition coefficient (Wildman–Crippen LogP) is 1.71. The summed E-state index contributed by atoms with van der Waals surface area (Å²) in [6, 6.07) is 0. The second-order valence-corrected chi connectivity index (χ2v) is 4.63. The Hall–Kier alpha value is -2.62. The highest BCUT2D eigenvalue weighted by molar-refractivity contribution is 6.07. The van der Waals surface area contributed by atoms with Crippen molar-refractivity contribution >= 4 is 11.6 Å². The van der Waals surface area contributed by atoms with Gasteiger partial charge in [-0.05, 0) is 30.7 Å². The van der Waals surface area contributed by atoms with Crippen LogP contribution in [-0.2, 0) is 9.59 Å². The molecule has 2 aliphatic carbocycles. The Balaban J connectivity index is 1.63. The minimum absolute atomic E-state index is 0.0171. The van der Waals surface area contributed by atoms with Crippen LogP contribution in [0.25, 0.3) is 0 Å². The van der Waals surface area contributed by atoms with Crippen molar-refractivity contribution in [3.05, 3.63) is 72.2 Å². The van der Waals surface area contributed by atoms with Gasteiger partial charge in [0.1, 0.15) is 0 Å². The van der Waals surface area contributed by atoms with E-state index in [-0.39, 0.29) is 11.6 Å².